The number of carbonyl (C=O) groups is 1. The van der Waals surface area contributed by atoms with Gasteiger partial charge in [-0.3, -0.25) is 9.78 Å². The highest BCUT2D eigenvalue weighted by Crippen LogP contribution is 2.19. The summed E-state index contributed by atoms with van der Waals surface area (Å²) < 4.78 is 13.3. The molecule has 0 aliphatic carbocycles. The van der Waals surface area contributed by atoms with Crippen LogP contribution in [0.2, 0.25) is 0 Å². The molecule has 1 amide bonds. The zero-order valence-electron chi connectivity index (χ0n) is 14.0. The lowest BCUT2D eigenvalue weighted by Crippen LogP contribution is -2.27. The van der Waals surface area contributed by atoms with Crippen LogP contribution < -0.4 is 0 Å². The summed E-state index contributed by atoms with van der Waals surface area (Å²) in [6, 6.07) is 14.3. The molecule has 0 fully saturated rings. The summed E-state index contributed by atoms with van der Waals surface area (Å²) >= 11 is 0. The van der Waals surface area contributed by atoms with Gasteiger partial charge in [0.05, 0.1) is 16.8 Å². The van der Waals surface area contributed by atoms with E-state index in [1.54, 1.807) is 31.0 Å². The van der Waals surface area contributed by atoms with Crippen LogP contribution in [0.15, 0.2) is 48.5 Å². The number of amides is 1. The number of rotatable bonds is 3. The van der Waals surface area contributed by atoms with Crippen LogP contribution in [0.25, 0.3) is 10.9 Å². The number of pyridine rings is 1. The van der Waals surface area contributed by atoms with E-state index in [1.165, 1.54) is 17.7 Å². The number of carbonyl (C=O) groups excluding carboxylic acids is 1. The molecule has 0 saturated carbocycles. The summed E-state index contributed by atoms with van der Waals surface area (Å²) in [6.45, 7) is 4.34. The van der Waals surface area contributed by atoms with Crippen molar-refractivity contribution in [1.29, 1.82) is 0 Å². The molecule has 0 aliphatic rings. The van der Waals surface area contributed by atoms with Gasteiger partial charge in [-0.2, -0.15) is 0 Å². The molecule has 3 aromatic rings. The Morgan fingerprint density at radius 2 is 1.79 bits per heavy atom. The van der Waals surface area contributed by atoms with Crippen molar-refractivity contribution in [3.63, 3.8) is 0 Å². The molecular weight excluding hydrogens is 303 g/mol. The molecule has 0 radical (unpaired) electrons. The number of aryl methyl sites for hydroxylation is 2. The Morgan fingerprint density at radius 1 is 1.08 bits per heavy atom. The molecule has 0 unspecified atom stereocenters. The third-order valence-corrected chi connectivity index (χ3v) is 4.09. The molecule has 4 heteroatoms. The van der Waals surface area contributed by atoms with E-state index in [9.17, 15) is 9.18 Å². The second-order valence-corrected chi connectivity index (χ2v) is 6.11. The molecule has 3 nitrogen and oxygen atoms in total. The molecule has 3 rings (SSSR count). The van der Waals surface area contributed by atoms with E-state index in [0.717, 1.165) is 10.9 Å². The number of aromatic nitrogens is 1. The predicted octanol–water partition coefficient (Wildman–Crippen LogP) is 4.26. The number of halogens is 1. The fourth-order valence-electron chi connectivity index (χ4n) is 2.70. The van der Waals surface area contributed by atoms with E-state index < -0.39 is 0 Å². The molecule has 0 saturated heterocycles. The van der Waals surface area contributed by atoms with Gasteiger partial charge in [-0.05, 0) is 37.6 Å². The summed E-state index contributed by atoms with van der Waals surface area (Å²) in [5.41, 5.74) is 3.97. The maximum absolute atomic E-state index is 13.3. The topological polar surface area (TPSA) is 33.2 Å². The van der Waals surface area contributed by atoms with Gasteiger partial charge < -0.3 is 4.90 Å². The Morgan fingerprint density at radius 3 is 2.50 bits per heavy atom. The minimum atomic E-state index is -0.329. The zero-order chi connectivity index (χ0) is 17.3. The Balaban J connectivity index is 1.88. The Labute approximate surface area is 140 Å². The van der Waals surface area contributed by atoms with Crippen LogP contribution in [0.1, 0.15) is 27.2 Å². The van der Waals surface area contributed by atoms with Gasteiger partial charge in [0.25, 0.3) is 5.91 Å². The lowest BCUT2D eigenvalue weighted by atomic mass is 10.1. The van der Waals surface area contributed by atoms with Crippen molar-refractivity contribution >= 4 is 16.8 Å². The number of hydrogen-bond acceptors (Lipinski definition) is 2. The highest BCUT2D eigenvalue weighted by Gasteiger charge is 2.16. The highest BCUT2D eigenvalue weighted by atomic mass is 19.1. The van der Waals surface area contributed by atoms with E-state index in [4.69, 9.17) is 0 Å². The number of hydrogen-bond donors (Lipinski definition) is 0. The molecule has 2 aromatic carbocycles. The van der Waals surface area contributed by atoms with Gasteiger partial charge in [-0.15, -0.1) is 0 Å². The van der Waals surface area contributed by atoms with Crippen molar-refractivity contribution in [2.45, 2.75) is 20.4 Å². The van der Waals surface area contributed by atoms with Crippen LogP contribution >= 0.6 is 0 Å². The number of benzene rings is 2. The van der Waals surface area contributed by atoms with Crippen LogP contribution in [-0.2, 0) is 6.54 Å². The van der Waals surface area contributed by atoms with E-state index in [1.807, 2.05) is 31.2 Å². The van der Waals surface area contributed by atoms with Crippen LogP contribution in [0.5, 0.6) is 0 Å². The normalized spacial score (nSPS) is 10.8. The maximum Gasteiger partial charge on any atom is 0.255 e. The summed E-state index contributed by atoms with van der Waals surface area (Å²) in [5.74, 6) is -0.420. The van der Waals surface area contributed by atoms with Gasteiger partial charge in [0.2, 0.25) is 0 Å². The maximum atomic E-state index is 13.3. The van der Waals surface area contributed by atoms with Gasteiger partial charge in [0.1, 0.15) is 5.82 Å². The van der Waals surface area contributed by atoms with E-state index in [2.05, 4.69) is 4.98 Å². The van der Waals surface area contributed by atoms with Gasteiger partial charge in [0.15, 0.2) is 0 Å². The first-order valence-electron chi connectivity index (χ1n) is 7.82. The van der Waals surface area contributed by atoms with E-state index in [0.29, 0.717) is 23.3 Å². The fourth-order valence-corrected chi connectivity index (χ4v) is 2.70. The molecule has 0 aliphatic heterocycles. The van der Waals surface area contributed by atoms with E-state index >= 15 is 0 Å². The Bertz CT molecular complexity index is 903. The monoisotopic (exact) mass is 322 g/mol. The van der Waals surface area contributed by atoms with Gasteiger partial charge >= 0.3 is 0 Å². The van der Waals surface area contributed by atoms with Crippen LogP contribution in [0.3, 0.4) is 0 Å². The van der Waals surface area contributed by atoms with Gasteiger partial charge in [-0.25, -0.2) is 4.39 Å². The van der Waals surface area contributed by atoms with Crippen LogP contribution in [0.4, 0.5) is 4.39 Å². The molecule has 24 heavy (non-hydrogen) atoms. The third kappa shape index (κ3) is 3.27. The lowest BCUT2D eigenvalue weighted by molar-refractivity contribution is 0.0784. The molecule has 1 aromatic heterocycles. The first-order chi connectivity index (χ1) is 11.4. The van der Waals surface area contributed by atoms with Crippen molar-refractivity contribution in [2.75, 3.05) is 7.05 Å². The van der Waals surface area contributed by atoms with Crippen molar-refractivity contribution in [3.05, 3.63) is 76.7 Å². The second kappa shape index (κ2) is 6.40. The minimum absolute atomic E-state index is 0.0909. The highest BCUT2D eigenvalue weighted by molar-refractivity contribution is 5.98. The summed E-state index contributed by atoms with van der Waals surface area (Å²) in [7, 11) is 1.77. The average molecular weight is 322 g/mol. The SMILES string of the molecule is Cc1ccc(CN(C)C(=O)c2cc3ccc(F)cc3nc2C)cc1. The predicted molar refractivity (Wildman–Crippen MR) is 93.4 cm³/mol. The van der Waals surface area contributed by atoms with Crippen molar-refractivity contribution in [2.24, 2.45) is 0 Å². The molecule has 0 atom stereocenters. The van der Waals surface area contributed by atoms with Crippen LogP contribution in [0, 0.1) is 19.7 Å². The summed E-state index contributed by atoms with van der Waals surface area (Å²) in [5, 5.41) is 0.758. The molecule has 0 spiro atoms. The third-order valence-electron chi connectivity index (χ3n) is 4.09. The molecule has 0 bridgehead atoms. The van der Waals surface area contributed by atoms with E-state index in [-0.39, 0.29) is 11.7 Å². The molecule has 122 valence electrons. The first kappa shape index (κ1) is 16.1. The standard InChI is InChI=1S/C20H19FN2O/c1-13-4-6-15(7-5-13)12-23(3)20(24)18-10-16-8-9-17(21)11-19(16)22-14(18)2/h4-11H,12H2,1-3H3. The van der Waals surface area contributed by atoms with Gasteiger partial charge in [0, 0.05) is 25.0 Å². The Kier molecular flexibility index (Phi) is 4.30. The quantitative estimate of drug-likeness (QED) is 0.722. The lowest BCUT2D eigenvalue weighted by Gasteiger charge is -2.19. The first-order valence-corrected chi connectivity index (χ1v) is 7.82. The average Bonchev–Trinajstić information content (AvgIpc) is 2.55. The molecular formula is C20H19FN2O. The summed E-state index contributed by atoms with van der Waals surface area (Å²) in [6.07, 6.45) is 0. The van der Waals surface area contributed by atoms with Crippen molar-refractivity contribution in [1.82, 2.24) is 9.88 Å². The largest absolute Gasteiger partial charge is 0.337 e. The van der Waals surface area contributed by atoms with Crippen LogP contribution in [-0.4, -0.2) is 22.8 Å². The smallest absolute Gasteiger partial charge is 0.255 e. The Hall–Kier alpha value is -2.75. The molecule has 0 N–H and O–H groups in total. The number of nitrogens with zero attached hydrogens (tertiary/aromatic N) is 2. The van der Waals surface area contributed by atoms with Crippen molar-refractivity contribution < 1.29 is 9.18 Å². The molecule has 1 heterocycles. The second-order valence-electron chi connectivity index (χ2n) is 6.11. The van der Waals surface area contributed by atoms with Crippen molar-refractivity contribution in [3.8, 4) is 0 Å². The fraction of sp³-hybridized carbons (Fsp3) is 0.200. The van der Waals surface area contributed by atoms with Gasteiger partial charge in [-0.1, -0.05) is 29.8 Å². The zero-order valence-corrected chi connectivity index (χ0v) is 14.0. The summed E-state index contributed by atoms with van der Waals surface area (Å²) in [4.78, 5) is 18.8. The minimum Gasteiger partial charge on any atom is -0.337 e. The number of fused-ring (bicyclic) bond motifs is 1.